The highest BCUT2D eigenvalue weighted by atomic mass is 19.1. The smallest absolute Gasteiger partial charge is 0.227 e. The van der Waals surface area contributed by atoms with Gasteiger partial charge in [-0.05, 0) is 50.1 Å². The summed E-state index contributed by atoms with van der Waals surface area (Å²) in [4.78, 5) is 22.8. The zero-order chi connectivity index (χ0) is 26.4. The second kappa shape index (κ2) is 14.8. The van der Waals surface area contributed by atoms with Crippen LogP contribution in [0.2, 0.25) is 0 Å². The van der Waals surface area contributed by atoms with Gasteiger partial charge in [-0.1, -0.05) is 58.0 Å². The lowest BCUT2D eigenvalue weighted by Crippen LogP contribution is -2.39. The number of aliphatic hydroxyl groups is 1. The van der Waals surface area contributed by atoms with E-state index in [0.29, 0.717) is 24.6 Å². The van der Waals surface area contributed by atoms with Crippen LogP contribution in [0.15, 0.2) is 60.8 Å². The van der Waals surface area contributed by atoms with Crippen molar-refractivity contribution in [3.63, 3.8) is 0 Å². The minimum absolute atomic E-state index is 0.0982. The molecule has 0 spiro atoms. The lowest BCUT2D eigenvalue weighted by molar-refractivity contribution is -0.136. The second-order valence-electron chi connectivity index (χ2n) is 7.92. The topological polar surface area (TPSA) is 78.4 Å². The van der Waals surface area contributed by atoms with E-state index in [1.54, 1.807) is 18.3 Å². The molecule has 35 heavy (non-hydrogen) atoms. The van der Waals surface area contributed by atoms with Crippen LogP contribution >= 0.6 is 0 Å². The van der Waals surface area contributed by atoms with Crippen molar-refractivity contribution in [1.82, 2.24) is 14.9 Å². The Morgan fingerprint density at radius 3 is 2.17 bits per heavy atom. The number of nitrogens with one attached hydrogen (secondary N) is 1. The van der Waals surface area contributed by atoms with Gasteiger partial charge < -0.3 is 15.3 Å². The van der Waals surface area contributed by atoms with Crippen molar-refractivity contribution in [2.75, 3.05) is 12.4 Å². The largest absolute Gasteiger partial charge is 0.400 e. The first-order chi connectivity index (χ1) is 16.8. The Kier molecular flexibility index (Phi) is 12.6. The van der Waals surface area contributed by atoms with E-state index in [-0.39, 0.29) is 11.7 Å². The van der Waals surface area contributed by atoms with Crippen molar-refractivity contribution >= 4 is 17.5 Å². The van der Waals surface area contributed by atoms with Gasteiger partial charge in [-0.2, -0.15) is 0 Å². The number of aliphatic hydroxyl groups excluding tert-OH is 1. The van der Waals surface area contributed by atoms with E-state index in [2.05, 4.69) is 46.5 Å². The molecule has 0 saturated heterocycles. The van der Waals surface area contributed by atoms with E-state index in [0.717, 1.165) is 24.8 Å². The Bertz CT molecular complexity index is 1020. The summed E-state index contributed by atoms with van der Waals surface area (Å²) < 4.78 is 12.9. The molecular weight excluding hydrogens is 443 g/mol. The highest BCUT2D eigenvalue weighted by Crippen LogP contribution is 2.38. The number of benzene rings is 2. The first kappa shape index (κ1) is 29.7. The molecule has 190 valence electrons. The lowest BCUT2D eigenvalue weighted by Gasteiger charge is -2.31. The average Bonchev–Trinajstić information content (AvgIpc) is 3.18. The average molecular weight is 483 g/mol. The fraction of sp³-hybridized carbons (Fsp3) is 0.393. The van der Waals surface area contributed by atoms with Crippen LogP contribution in [0.25, 0.3) is 0 Å². The van der Waals surface area contributed by atoms with Gasteiger partial charge in [-0.3, -0.25) is 4.79 Å². The molecular formula is C28H39FN4O2. The van der Waals surface area contributed by atoms with Crippen LogP contribution in [0, 0.1) is 5.82 Å². The maximum absolute atomic E-state index is 12.9. The number of hydrogen-bond acceptors (Lipinski definition) is 5. The molecule has 1 aliphatic rings. The number of aromatic nitrogens is 2. The number of rotatable bonds is 4. The molecule has 0 aliphatic carbocycles. The number of halogens is 1. The lowest BCUT2D eigenvalue weighted by atomic mass is 9.97. The quantitative estimate of drug-likeness (QED) is 0.461. The summed E-state index contributed by atoms with van der Waals surface area (Å²) in [5.41, 5.74) is 3.52. The predicted octanol–water partition coefficient (Wildman–Crippen LogP) is 6.23. The van der Waals surface area contributed by atoms with Crippen LogP contribution in [0.4, 0.5) is 16.0 Å². The van der Waals surface area contributed by atoms with E-state index in [9.17, 15) is 9.18 Å². The molecule has 0 saturated carbocycles. The molecule has 4 rings (SSSR count). The summed E-state index contributed by atoms with van der Waals surface area (Å²) >= 11 is 0. The van der Waals surface area contributed by atoms with Gasteiger partial charge in [0, 0.05) is 31.0 Å². The standard InChI is InChI=1S/C17H19FN4O.C8H10.C2H6.CH4O/c1-4-15(23)22-10-14-13(17(22,2)3)9-19-16(21-14)20-12-7-5-11(18)6-8-12;1-2-8-6-4-3-5-7-8;2*1-2/h5-9H,4,10H2,1-3H3,(H,19,20,21);3-7H,2H2,1H3;1-2H3;2H,1H3. The molecule has 0 bridgehead atoms. The number of fused-ring (bicyclic) bond motifs is 1. The SMILES string of the molecule is CC.CCC(=O)N1Cc2nc(Nc3ccc(F)cc3)ncc2C1(C)C.CCc1ccccc1.CO. The number of anilines is 2. The molecule has 1 aromatic heterocycles. The summed E-state index contributed by atoms with van der Waals surface area (Å²) in [5.74, 6) is 0.249. The van der Waals surface area contributed by atoms with Gasteiger partial charge in [0.2, 0.25) is 11.9 Å². The number of carbonyl (C=O) groups is 1. The Hall–Kier alpha value is -3.32. The van der Waals surface area contributed by atoms with Crippen LogP contribution in [-0.4, -0.2) is 33.0 Å². The van der Waals surface area contributed by atoms with Crippen LogP contribution in [0.3, 0.4) is 0 Å². The molecule has 2 heterocycles. The van der Waals surface area contributed by atoms with Crippen molar-refractivity contribution in [2.24, 2.45) is 0 Å². The van der Waals surface area contributed by atoms with Crippen LogP contribution in [0.1, 0.15) is 64.8 Å². The molecule has 0 unspecified atom stereocenters. The molecule has 3 aromatic rings. The Morgan fingerprint density at radius 2 is 1.66 bits per heavy atom. The van der Waals surface area contributed by atoms with Gasteiger partial charge in [-0.15, -0.1) is 0 Å². The third-order valence-electron chi connectivity index (χ3n) is 5.46. The molecule has 0 radical (unpaired) electrons. The fourth-order valence-corrected chi connectivity index (χ4v) is 3.57. The van der Waals surface area contributed by atoms with Gasteiger partial charge >= 0.3 is 0 Å². The van der Waals surface area contributed by atoms with E-state index in [1.165, 1.54) is 17.7 Å². The predicted molar refractivity (Wildman–Crippen MR) is 141 cm³/mol. The molecule has 1 aliphatic heterocycles. The number of aryl methyl sites for hydroxylation is 1. The molecule has 7 heteroatoms. The normalized spacial score (nSPS) is 12.5. The van der Waals surface area contributed by atoms with Gasteiger partial charge in [0.05, 0.1) is 17.8 Å². The number of carbonyl (C=O) groups excluding carboxylic acids is 1. The number of nitrogens with zero attached hydrogens (tertiary/aromatic N) is 3. The van der Waals surface area contributed by atoms with E-state index < -0.39 is 5.54 Å². The van der Waals surface area contributed by atoms with Crippen molar-refractivity contribution in [2.45, 2.75) is 66.5 Å². The molecule has 0 atom stereocenters. The third kappa shape index (κ3) is 8.14. The van der Waals surface area contributed by atoms with Crippen molar-refractivity contribution in [1.29, 1.82) is 0 Å². The molecule has 0 fully saturated rings. The molecule has 2 aromatic carbocycles. The maximum atomic E-state index is 12.9. The number of amides is 1. The number of hydrogen-bond donors (Lipinski definition) is 2. The zero-order valence-corrected chi connectivity index (χ0v) is 22.0. The summed E-state index contributed by atoms with van der Waals surface area (Å²) in [6.45, 7) is 12.5. The first-order valence-electron chi connectivity index (χ1n) is 12.0. The minimum Gasteiger partial charge on any atom is -0.400 e. The van der Waals surface area contributed by atoms with Crippen molar-refractivity contribution < 1.29 is 14.3 Å². The van der Waals surface area contributed by atoms with E-state index in [4.69, 9.17) is 5.11 Å². The van der Waals surface area contributed by atoms with Gasteiger partial charge in [-0.25, -0.2) is 14.4 Å². The Balaban J connectivity index is 0.000000427. The third-order valence-corrected chi connectivity index (χ3v) is 5.46. The highest BCUT2D eigenvalue weighted by Gasteiger charge is 2.40. The van der Waals surface area contributed by atoms with Crippen LogP contribution < -0.4 is 5.32 Å². The summed E-state index contributed by atoms with van der Waals surface area (Å²) in [5, 5.41) is 10.1. The summed E-state index contributed by atoms with van der Waals surface area (Å²) in [6, 6.07) is 16.5. The minimum atomic E-state index is -0.406. The monoisotopic (exact) mass is 482 g/mol. The van der Waals surface area contributed by atoms with Gasteiger partial charge in [0.15, 0.2) is 0 Å². The highest BCUT2D eigenvalue weighted by molar-refractivity contribution is 5.78. The summed E-state index contributed by atoms with van der Waals surface area (Å²) in [7, 11) is 1.00. The van der Waals surface area contributed by atoms with Crippen molar-refractivity contribution in [3.8, 4) is 0 Å². The molecule has 6 nitrogen and oxygen atoms in total. The van der Waals surface area contributed by atoms with Gasteiger partial charge in [0.25, 0.3) is 0 Å². The van der Waals surface area contributed by atoms with Crippen LogP contribution in [0.5, 0.6) is 0 Å². The van der Waals surface area contributed by atoms with E-state index >= 15 is 0 Å². The Morgan fingerprint density at radius 1 is 1.06 bits per heavy atom. The molecule has 2 N–H and O–H groups in total. The first-order valence-corrected chi connectivity index (χ1v) is 12.0. The van der Waals surface area contributed by atoms with Gasteiger partial charge in [0.1, 0.15) is 5.82 Å². The van der Waals surface area contributed by atoms with Crippen LogP contribution in [-0.2, 0) is 23.3 Å². The second-order valence-corrected chi connectivity index (χ2v) is 7.92. The Labute approximate surface area is 209 Å². The zero-order valence-electron chi connectivity index (χ0n) is 22.0. The summed E-state index contributed by atoms with van der Waals surface area (Å²) in [6.07, 6.45) is 3.36. The maximum Gasteiger partial charge on any atom is 0.227 e. The molecule has 1 amide bonds. The van der Waals surface area contributed by atoms with Crippen molar-refractivity contribution in [3.05, 3.63) is 83.4 Å². The fourth-order valence-electron chi connectivity index (χ4n) is 3.57. The van der Waals surface area contributed by atoms with E-state index in [1.807, 2.05) is 45.6 Å².